The summed E-state index contributed by atoms with van der Waals surface area (Å²) in [4.78, 5) is 64.8. The monoisotopic (exact) mass is 410 g/mol. The predicted octanol–water partition coefficient (Wildman–Crippen LogP) is -0.536. The summed E-state index contributed by atoms with van der Waals surface area (Å²) in [6.45, 7) is 3.54. The van der Waals surface area contributed by atoms with Gasteiger partial charge in [0.25, 0.3) is 0 Å². The number of amides is 1. The van der Waals surface area contributed by atoms with Crippen LogP contribution < -0.4 is 10.6 Å². The second-order valence-corrected chi connectivity index (χ2v) is 7.54. The van der Waals surface area contributed by atoms with Gasteiger partial charge in [-0.15, -0.1) is 0 Å². The lowest BCUT2D eigenvalue weighted by atomic mass is 9.97. The van der Waals surface area contributed by atoms with Crippen LogP contribution in [0.3, 0.4) is 0 Å². The van der Waals surface area contributed by atoms with Gasteiger partial charge < -0.3 is 25.5 Å². The third-order valence-electron chi connectivity index (χ3n) is 3.95. The largest absolute Gasteiger partial charge is 0.481 e. The summed E-state index contributed by atoms with van der Waals surface area (Å²) in [5, 5.41) is 13.9. The standard InChI is InChI=1S/C15H27N2O9P/c1-8(15(21)22)5-12(18)10(3)17-14(20)11(7-26-27(23,24)25)6-13(19)9(2)16-4/h8-11,16H,5-7H2,1-4H3,(H,17,20)(H,21,22)(H2,23,24,25)/t8-,9+,10+,11+/m1/s1. The molecule has 0 aromatic heterocycles. The van der Waals surface area contributed by atoms with Crippen LogP contribution >= 0.6 is 7.82 Å². The van der Waals surface area contributed by atoms with Gasteiger partial charge in [-0.2, -0.15) is 0 Å². The Kier molecular flexibility index (Phi) is 10.6. The molecule has 0 rings (SSSR count). The lowest BCUT2D eigenvalue weighted by molar-refractivity contribution is -0.143. The number of carbonyl (C=O) groups excluding carboxylic acids is 3. The molecule has 27 heavy (non-hydrogen) atoms. The molecule has 0 aliphatic carbocycles. The van der Waals surface area contributed by atoms with Gasteiger partial charge in [0, 0.05) is 12.8 Å². The molecule has 0 spiro atoms. The van der Waals surface area contributed by atoms with E-state index in [-0.39, 0.29) is 18.6 Å². The van der Waals surface area contributed by atoms with E-state index in [4.69, 9.17) is 14.9 Å². The normalized spacial score (nSPS) is 16.1. The van der Waals surface area contributed by atoms with Crippen LogP contribution in [-0.2, 0) is 28.3 Å². The number of phosphoric acid groups is 1. The van der Waals surface area contributed by atoms with Crippen LogP contribution in [0.5, 0.6) is 0 Å². The van der Waals surface area contributed by atoms with E-state index in [1.807, 2.05) is 0 Å². The van der Waals surface area contributed by atoms with E-state index in [2.05, 4.69) is 15.2 Å². The summed E-state index contributed by atoms with van der Waals surface area (Å²) in [6, 6.07) is -1.63. The van der Waals surface area contributed by atoms with Crippen LogP contribution in [-0.4, -0.2) is 64.1 Å². The van der Waals surface area contributed by atoms with Crippen molar-refractivity contribution in [2.24, 2.45) is 11.8 Å². The van der Waals surface area contributed by atoms with Gasteiger partial charge in [-0.25, -0.2) is 4.57 Å². The first-order valence-electron chi connectivity index (χ1n) is 8.24. The molecule has 4 atom stereocenters. The number of carboxylic acids is 1. The summed E-state index contributed by atoms with van der Waals surface area (Å²) in [7, 11) is -3.32. The molecule has 0 aliphatic rings. The molecule has 156 valence electrons. The van der Waals surface area contributed by atoms with Gasteiger partial charge in [0.15, 0.2) is 5.78 Å². The van der Waals surface area contributed by atoms with E-state index in [9.17, 15) is 23.7 Å². The lowest BCUT2D eigenvalue weighted by Crippen LogP contribution is -2.45. The van der Waals surface area contributed by atoms with E-state index in [1.54, 1.807) is 6.92 Å². The van der Waals surface area contributed by atoms with E-state index in [0.29, 0.717) is 0 Å². The SMILES string of the molecule is CN[C@@H](C)C(=O)C[C@@H](COP(=O)(O)O)C(=O)N[C@@H](C)C(=O)C[C@@H](C)C(=O)O. The predicted molar refractivity (Wildman–Crippen MR) is 93.7 cm³/mol. The maximum Gasteiger partial charge on any atom is 0.469 e. The summed E-state index contributed by atoms with van der Waals surface area (Å²) < 4.78 is 15.2. The van der Waals surface area contributed by atoms with Crippen molar-refractivity contribution in [3.63, 3.8) is 0 Å². The number of ketones is 2. The Morgan fingerprint density at radius 3 is 1.96 bits per heavy atom. The minimum Gasteiger partial charge on any atom is -0.481 e. The Bertz CT molecular complexity index is 604. The number of aliphatic carboxylic acids is 1. The topological polar surface area (TPSA) is 179 Å². The van der Waals surface area contributed by atoms with Crippen LogP contribution in [0.2, 0.25) is 0 Å². The molecule has 0 fully saturated rings. The molecule has 0 radical (unpaired) electrons. The van der Waals surface area contributed by atoms with Gasteiger partial charge in [0.2, 0.25) is 5.91 Å². The zero-order valence-electron chi connectivity index (χ0n) is 15.7. The maximum atomic E-state index is 12.4. The molecule has 11 nitrogen and oxygen atoms in total. The molecule has 0 saturated heterocycles. The van der Waals surface area contributed by atoms with Crippen molar-refractivity contribution < 1.29 is 43.2 Å². The number of nitrogens with one attached hydrogen (secondary N) is 2. The summed E-state index contributed by atoms with van der Waals surface area (Å²) in [5.41, 5.74) is 0. The van der Waals surface area contributed by atoms with E-state index in [0.717, 1.165) is 0 Å². The number of phosphoric ester groups is 1. The second kappa shape index (κ2) is 11.3. The van der Waals surface area contributed by atoms with Crippen LogP contribution in [0, 0.1) is 11.8 Å². The number of carboxylic acid groups (broad SMARTS) is 1. The van der Waals surface area contributed by atoms with Crippen molar-refractivity contribution in [1.29, 1.82) is 0 Å². The highest BCUT2D eigenvalue weighted by atomic mass is 31.2. The zero-order valence-corrected chi connectivity index (χ0v) is 16.6. The Labute approximate surface area is 157 Å². The first-order valence-corrected chi connectivity index (χ1v) is 9.77. The van der Waals surface area contributed by atoms with Crippen molar-refractivity contribution in [2.45, 2.75) is 45.7 Å². The van der Waals surface area contributed by atoms with Crippen molar-refractivity contribution in [1.82, 2.24) is 10.6 Å². The van der Waals surface area contributed by atoms with E-state index in [1.165, 1.54) is 20.9 Å². The maximum absolute atomic E-state index is 12.4. The molecule has 0 aromatic rings. The minimum atomic E-state index is -4.86. The number of hydrogen-bond donors (Lipinski definition) is 5. The molecule has 12 heteroatoms. The number of Topliss-reactive ketones (excluding diaryl/α,β-unsaturated/α-hetero) is 2. The number of rotatable bonds is 13. The minimum absolute atomic E-state index is 0.295. The third kappa shape index (κ3) is 10.3. The molecule has 0 unspecified atom stereocenters. The van der Waals surface area contributed by atoms with E-state index >= 15 is 0 Å². The molecule has 0 aromatic carbocycles. The highest BCUT2D eigenvalue weighted by Crippen LogP contribution is 2.36. The quantitative estimate of drug-likeness (QED) is 0.248. The fraction of sp³-hybridized carbons (Fsp3) is 0.733. The molecule has 0 heterocycles. The first-order chi connectivity index (χ1) is 12.3. The zero-order chi connectivity index (χ0) is 21.4. The third-order valence-corrected chi connectivity index (χ3v) is 4.43. The Hall–Kier alpha value is -1.65. The van der Waals surface area contributed by atoms with Gasteiger partial charge in [-0.1, -0.05) is 6.92 Å². The summed E-state index contributed by atoms with van der Waals surface area (Å²) in [5.74, 6) is -5.02. The Morgan fingerprint density at radius 2 is 1.52 bits per heavy atom. The average Bonchev–Trinajstić information content (AvgIpc) is 2.55. The summed E-state index contributed by atoms with van der Waals surface area (Å²) >= 11 is 0. The number of carbonyl (C=O) groups is 4. The fourth-order valence-electron chi connectivity index (χ4n) is 1.97. The lowest BCUT2D eigenvalue weighted by Gasteiger charge is -2.21. The molecular formula is C15H27N2O9P. The van der Waals surface area contributed by atoms with Gasteiger partial charge in [-0.05, 0) is 20.9 Å². The molecule has 0 bridgehead atoms. The summed E-state index contributed by atoms with van der Waals surface area (Å²) in [6.07, 6.45) is -0.656. The number of hydrogen-bond acceptors (Lipinski definition) is 7. The van der Waals surface area contributed by atoms with Gasteiger partial charge in [-0.3, -0.25) is 23.7 Å². The van der Waals surface area contributed by atoms with Crippen molar-refractivity contribution in [2.75, 3.05) is 13.7 Å². The molecule has 1 amide bonds. The molecule has 0 aliphatic heterocycles. The molecular weight excluding hydrogens is 383 g/mol. The van der Waals surface area contributed by atoms with Gasteiger partial charge >= 0.3 is 13.8 Å². The Morgan fingerprint density at radius 1 is 1.00 bits per heavy atom. The van der Waals surface area contributed by atoms with Crippen molar-refractivity contribution >= 4 is 31.3 Å². The van der Waals surface area contributed by atoms with Crippen molar-refractivity contribution in [3.8, 4) is 0 Å². The van der Waals surface area contributed by atoms with Gasteiger partial charge in [0.1, 0.15) is 5.78 Å². The van der Waals surface area contributed by atoms with Crippen LogP contribution in [0.4, 0.5) is 0 Å². The highest BCUT2D eigenvalue weighted by molar-refractivity contribution is 7.46. The van der Waals surface area contributed by atoms with E-state index < -0.39 is 56.0 Å². The molecule has 0 saturated carbocycles. The van der Waals surface area contributed by atoms with Gasteiger partial charge in [0.05, 0.1) is 30.5 Å². The average molecular weight is 410 g/mol. The number of likely N-dealkylation sites (N-methyl/N-ethyl adjacent to an activating group) is 1. The first kappa shape index (κ1) is 25.4. The van der Waals surface area contributed by atoms with Crippen LogP contribution in [0.25, 0.3) is 0 Å². The molecule has 5 N–H and O–H groups in total. The Balaban J connectivity index is 5.04. The van der Waals surface area contributed by atoms with Crippen LogP contribution in [0.1, 0.15) is 33.6 Å². The smallest absolute Gasteiger partial charge is 0.469 e. The van der Waals surface area contributed by atoms with Crippen LogP contribution in [0.15, 0.2) is 0 Å². The second-order valence-electron chi connectivity index (χ2n) is 6.30. The fourth-order valence-corrected chi connectivity index (χ4v) is 2.35. The highest BCUT2D eigenvalue weighted by Gasteiger charge is 2.30. The van der Waals surface area contributed by atoms with Crippen molar-refractivity contribution in [3.05, 3.63) is 0 Å².